The van der Waals surface area contributed by atoms with Crippen LogP contribution in [0.1, 0.15) is 141 Å². The van der Waals surface area contributed by atoms with Crippen molar-refractivity contribution in [3.63, 3.8) is 0 Å². The molecule has 19 unspecified atom stereocenters. The standard InChI is InChI=1S/2C21H28O2.C14H20O4.C9H10O2.CH2S2/c2*1-21(2)9-18-13-7-16(17(8-13)19(18)10-21)15-5-3-4-6-20(15)23-12-14-11-22-14;15-14(9-2-4-11-13(6-9)18-11)16-7-8-1-3-10-12(5-8)17-10;1-2-4-8(5-3-1)10-6-9-7-11-9;2-1-3/h2*3-6,13-14,16-19H,7-12H2,1-2H3;8-13H,1-7H2;1-5,9H,6-7H2;1H,(H,2,3)/p-1. The van der Waals surface area contributed by atoms with Gasteiger partial charge in [0.15, 0.2) is 0 Å². The largest absolute Gasteiger partial charge is 0.491 e. The molecule has 0 amide bonds. The van der Waals surface area contributed by atoms with Crippen molar-refractivity contribution in [1.82, 2.24) is 0 Å². The van der Waals surface area contributed by atoms with Gasteiger partial charge in [-0.3, -0.25) is 4.79 Å². The number of esters is 1. The van der Waals surface area contributed by atoms with Crippen LogP contribution in [0.15, 0.2) is 78.9 Å². The average molecular weight is 1100 g/mol. The number of fused-ring (bicyclic) bond motifs is 12. The molecular weight excluding hydrogens is 1020 g/mol. The van der Waals surface area contributed by atoms with Crippen molar-refractivity contribution in [3.8, 4) is 17.2 Å². The van der Waals surface area contributed by atoms with E-state index in [9.17, 15) is 4.79 Å². The van der Waals surface area contributed by atoms with Gasteiger partial charge in [0.2, 0.25) is 0 Å². The van der Waals surface area contributed by atoms with Gasteiger partial charge in [0.05, 0.1) is 56.8 Å². The maximum absolute atomic E-state index is 12.0. The summed E-state index contributed by atoms with van der Waals surface area (Å²) in [5, 5.41) is 0. The van der Waals surface area contributed by atoms with Crippen LogP contribution in [0.3, 0.4) is 0 Å². The van der Waals surface area contributed by atoms with Crippen molar-refractivity contribution >= 4 is 35.5 Å². The zero-order valence-electron chi connectivity index (χ0n) is 46.8. The SMILES string of the molecule is CC1(C)CC2C3CC(c4ccccc4OCC4CO4)C(C3)C2C1.CC1(C)CC2C3CC(c4ccccc4OCC4CO4)C(C3)C2C1.O=C(OCC1CCC2OC2C1)C1CCC2OC2C1.S=C[S-].c1ccc(OCC2CO2)cc1. The molecule has 5 aliphatic heterocycles. The zero-order valence-corrected chi connectivity index (χ0v) is 48.4. The maximum Gasteiger partial charge on any atom is 0.309 e. The van der Waals surface area contributed by atoms with Gasteiger partial charge in [0.25, 0.3) is 0 Å². The number of carbonyl (C=O) groups excluding carboxylic acids is 1. The molecule has 19 atom stereocenters. The molecule has 3 aromatic rings. The molecule has 5 heterocycles. The molecule has 3 aromatic carbocycles. The Kier molecular flexibility index (Phi) is 16.9. The van der Waals surface area contributed by atoms with Crippen LogP contribution in [-0.4, -0.2) is 99.6 Å². The van der Waals surface area contributed by atoms with Crippen molar-refractivity contribution < 1.29 is 47.4 Å². The van der Waals surface area contributed by atoms with Crippen molar-refractivity contribution in [2.45, 2.75) is 172 Å². The summed E-state index contributed by atoms with van der Waals surface area (Å²) in [6, 6.07) is 27.4. The van der Waals surface area contributed by atoms with E-state index >= 15 is 0 Å². The first-order chi connectivity index (χ1) is 37.9. The molecule has 10 nitrogen and oxygen atoms in total. The van der Waals surface area contributed by atoms with E-state index in [0.29, 0.717) is 72.7 Å². The van der Waals surface area contributed by atoms with Crippen LogP contribution >= 0.6 is 12.2 Å². The lowest BCUT2D eigenvalue weighted by molar-refractivity contribution is -0.151. The zero-order chi connectivity index (χ0) is 53.5. The van der Waals surface area contributed by atoms with Gasteiger partial charge in [0.1, 0.15) is 55.4 Å². The number of epoxide rings is 5. The minimum absolute atomic E-state index is 0.00258. The molecule has 78 heavy (non-hydrogen) atoms. The van der Waals surface area contributed by atoms with Gasteiger partial charge in [-0.25, -0.2) is 0 Å². The van der Waals surface area contributed by atoms with E-state index in [1.165, 1.54) is 67.2 Å². The molecule has 4 bridgehead atoms. The van der Waals surface area contributed by atoms with E-state index in [-0.39, 0.29) is 11.9 Å². The lowest BCUT2D eigenvalue weighted by Gasteiger charge is -2.32. The maximum atomic E-state index is 12.0. The Morgan fingerprint density at radius 2 is 0.987 bits per heavy atom. The summed E-state index contributed by atoms with van der Waals surface area (Å²) in [5.41, 5.74) is 4.09. The second-order valence-corrected chi connectivity index (χ2v) is 28.1. The van der Waals surface area contributed by atoms with Crippen molar-refractivity contribution in [3.05, 3.63) is 90.0 Å². The second kappa shape index (κ2) is 23.9. The minimum Gasteiger partial charge on any atom is -0.491 e. The average Bonchev–Trinajstić information content (AvgIpc) is 4.36. The van der Waals surface area contributed by atoms with Gasteiger partial charge in [-0.05, 0) is 201 Å². The van der Waals surface area contributed by atoms with Crippen LogP contribution < -0.4 is 14.2 Å². The number of thiocarbonyl (C=S) groups is 1. The number of hydrogen-bond acceptors (Lipinski definition) is 12. The minimum atomic E-state index is 0.00258. The van der Waals surface area contributed by atoms with Crippen LogP contribution in [0.25, 0.3) is 0 Å². The second-order valence-electron chi connectivity index (χ2n) is 27.3. The third-order valence-electron chi connectivity index (χ3n) is 20.6. The molecule has 13 fully saturated rings. The monoisotopic (exact) mass is 1100 g/mol. The Morgan fingerprint density at radius 3 is 1.47 bits per heavy atom. The molecule has 5 saturated heterocycles. The van der Waals surface area contributed by atoms with Crippen LogP contribution in [0, 0.1) is 70.0 Å². The number of rotatable bonds is 14. The molecule has 0 radical (unpaired) electrons. The van der Waals surface area contributed by atoms with E-state index in [2.05, 4.69) is 101 Å². The Hall–Kier alpha value is -3.36. The number of benzene rings is 3. The molecule has 0 spiro atoms. The molecular formula is C66H87O10S2-. The molecule has 8 aliphatic carbocycles. The van der Waals surface area contributed by atoms with Gasteiger partial charge in [0, 0.05) is 0 Å². The normalized spacial score (nSPS) is 39.6. The Balaban J connectivity index is 0.000000105. The molecule has 13 aliphatic rings. The van der Waals surface area contributed by atoms with Crippen molar-refractivity contribution in [2.24, 2.45) is 70.0 Å². The van der Waals surface area contributed by atoms with E-state index in [4.69, 9.17) is 42.6 Å². The van der Waals surface area contributed by atoms with Crippen molar-refractivity contribution in [1.29, 1.82) is 0 Å². The highest BCUT2D eigenvalue weighted by atomic mass is 32.1. The van der Waals surface area contributed by atoms with E-state index in [1.54, 1.807) is 0 Å². The summed E-state index contributed by atoms with van der Waals surface area (Å²) in [7, 11) is 0. The third-order valence-corrected chi connectivity index (χ3v) is 20.6. The highest BCUT2D eigenvalue weighted by Crippen LogP contribution is 2.69. The molecule has 0 N–H and O–H groups in total. The van der Waals surface area contributed by atoms with Gasteiger partial charge >= 0.3 is 5.97 Å². The fraction of sp³-hybridized carbons (Fsp3) is 0.697. The third kappa shape index (κ3) is 13.6. The molecule has 424 valence electrons. The fourth-order valence-corrected chi connectivity index (χ4v) is 16.9. The van der Waals surface area contributed by atoms with E-state index < -0.39 is 0 Å². The summed E-state index contributed by atoms with van der Waals surface area (Å²) in [4.78, 5) is 12.0. The summed E-state index contributed by atoms with van der Waals surface area (Å²) in [6.45, 7) is 15.2. The lowest BCUT2D eigenvalue weighted by atomic mass is 9.73. The lowest BCUT2D eigenvalue weighted by Crippen LogP contribution is -2.27. The van der Waals surface area contributed by atoms with Gasteiger partial charge in [-0.1, -0.05) is 82.3 Å². The molecule has 12 heteroatoms. The molecule has 16 rings (SSSR count). The Bertz CT molecular complexity index is 2390. The topological polar surface area (TPSA) is 117 Å². The Morgan fingerprint density at radius 1 is 0.538 bits per heavy atom. The van der Waals surface area contributed by atoms with Crippen LogP contribution in [0.5, 0.6) is 17.2 Å². The Labute approximate surface area is 476 Å². The number of para-hydroxylation sites is 3. The highest BCUT2D eigenvalue weighted by molar-refractivity contribution is 7.97. The van der Waals surface area contributed by atoms with Gasteiger partial charge in [-0.2, -0.15) is 4.70 Å². The van der Waals surface area contributed by atoms with Crippen molar-refractivity contribution in [2.75, 3.05) is 46.2 Å². The van der Waals surface area contributed by atoms with E-state index in [0.717, 1.165) is 148 Å². The molecule has 8 saturated carbocycles. The fourth-order valence-electron chi connectivity index (χ4n) is 16.9. The number of hydrogen-bond donors (Lipinski definition) is 0. The summed E-state index contributed by atoms with van der Waals surface area (Å²) in [5.74, 6) is 12.9. The van der Waals surface area contributed by atoms with Crippen LogP contribution in [0.2, 0.25) is 0 Å². The van der Waals surface area contributed by atoms with Crippen LogP contribution in [0.4, 0.5) is 0 Å². The smallest absolute Gasteiger partial charge is 0.309 e. The summed E-state index contributed by atoms with van der Waals surface area (Å²) in [6.07, 6.45) is 20.6. The first-order valence-electron chi connectivity index (χ1n) is 30.4. The summed E-state index contributed by atoms with van der Waals surface area (Å²) >= 11 is 8.17. The highest BCUT2D eigenvalue weighted by Gasteiger charge is 2.59. The van der Waals surface area contributed by atoms with E-state index in [1.807, 2.05) is 30.3 Å². The molecule has 0 aromatic heterocycles. The summed E-state index contributed by atoms with van der Waals surface area (Å²) < 4.78 is 50.8. The van der Waals surface area contributed by atoms with Gasteiger partial charge < -0.3 is 67.5 Å². The van der Waals surface area contributed by atoms with Crippen LogP contribution in [-0.2, 0) is 45.8 Å². The quantitative estimate of drug-likeness (QED) is 0.0662. The number of ether oxygens (including phenoxy) is 9. The number of carbonyl (C=O) groups is 1. The predicted molar refractivity (Wildman–Crippen MR) is 307 cm³/mol. The first kappa shape index (κ1) is 55.2. The van der Waals surface area contributed by atoms with Gasteiger partial charge in [-0.15, -0.1) is 0 Å². The predicted octanol–water partition coefficient (Wildman–Crippen LogP) is 12.9. The first-order valence-corrected chi connectivity index (χ1v) is 31.3.